The minimum absolute atomic E-state index is 0.0276. The Morgan fingerprint density at radius 3 is 2.78 bits per heavy atom. The molecule has 0 spiro atoms. The second kappa shape index (κ2) is 6.69. The smallest absolute Gasteiger partial charge is 0.311 e. The number of benzene rings is 1. The normalized spacial score (nSPS) is 10.4. The predicted molar refractivity (Wildman–Crippen MR) is 86.0 cm³/mol. The molecule has 3 aromatic rings. The van der Waals surface area contributed by atoms with E-state index in [2.05, 4.69) is 15.4 Å². The van der Waals surface area contributed by atoms with Crippen LogP contribution in [0.5, 0.6) is 0 Å². The van der Waals surface area contributed by atoms with Crippen LogP contribution in [0.1, 0.15) is 11.1 Å². The van der Waals surface area contributed by atoms with Gasteiger partial charge in [0.25, 0.3) is 0 Å². The third-order valence-electron chi connectivity index (χ3n) is 3.34. The standard InChI is InChI=1S/C16H15N5O2/c22-21(23)15-6-2-7-17-16(15)18-11-13-4-1-5-14(10-13)12-20-9-3-8-19-20/h1-10H,11-12H2,(H,17,18). The van der Waals surface area contributed by atoms with Crippen molar-refractivity contribution in [3.63, 3.8) is 0 Å². The van der Waals surface area contributed by atoms with Crippen molar-refractivity contribution in [2.45, 2.75) is 13.1 Å². The molecule has 0 aliphatic carbocycles. The van der Waals surface area contributed by atoms with Gasteiger partial charge in [-0.15, -0.1) is 0 Å². The Balaban J connectivity index is 1.70. The maximum Gasteiger partial charge on any atom is 0.311 e. The summed E-state index contributed by atoms with van der Waals surface area (Å²) in [4.78, 5) is 14.6. The van der Waals surface area contributed by atoms with E-state index in [-0.39, 0.29) is 11.5 Å². The predicted octanol–water partition coefficient (Wildman–Crippen LogP) is 2.85. The van der Waals surface area contributed by atoms with E-state index in [4.69, 9.17) is 0 Å². The van der Waals surface area contributed by atoms with Crippen molar-refractivity contribution in [3.8, 4) is 0 Å². The molecule has 1 aromatic carbocycles. The summed E-state index contributed by atoms with van der Waals surface area (Å²) in [5.41, 5.74) is 2.11. The second-order valence-corrected chi connectivity index (χ2v) is 5.01. The Hall–Kier alpha value is -3.22. The van der Waals surface area contributed by atoms with Gasteiger partial charge < -0.3 is 5.32 Å². The van der Waals surface area contributed by atoms with E-state index in [1.807, 2.05) is 41.2 Å². The Bertz CT molecular complexity index is 802. The molecule has 23 heavy (non-hydrogen) atoms. The summed E-state index contributed by atoms with van der Waals surface area (Å²) in [6.07, 6.45) is 5.18. The second-order valence-electron chi connectivity index (χ2n) is 5.01. The van der Waals surface area contributed by atoms with E-state index < -0.39 is 4.92 Å². The number of rotatable bonds is 6. The molecular formula is C16H15N5O2. The van der Waals surface area contributed by atoms with Crippen molar-refractivity contribution in [3.05, 3.63) is 82.3 Å². The van der Waals surface area contributed by atoms with E-state index in [0.717, 1.165) is 11.1 Å². The van der Waals surface area contributed by atoms with Crippen molar-refractivity contribution >= 4 is 11.5 Å². The first-order chi connectivity index (χ1) is 11.2. The lowest BCUT2D eigenvalue weighted by molar-refractivity contribution is -0.384. The first-order valence-electron chi connectivity index (χ1n) is 7.11. The molecule has 1 N–H and O–H groups in total. The number of nitrogens with one attached hydrogen (secondary N) is 1. The van der Waals surface area contributed by atoms with Gasteiger partial charge in [0.1, 0.15) is 0 Å². The number of anilines is 1. The molecule has 0 unspecified atom stereocenters. The number of nitrogens with zero attached hydrogens (tertiary/aromatic N) is 4. The highest BCUT2D eigenvalue weighted by Crippen LogP contribution is 2.21. The highest BCUT2D eigenvalue weighted by atomic mass is 16.6. The zero-order valence-corrected chi connectivity index (χ0v) is 12.3. The van der Waals surface area contributed by atoms with Crippen LogP contribution in [0.2, 0.25) is 0 Å². The Labute approximate surface area is 132 Å². The third-order valence-corrected chi connectivity index (χ3v) is 3.34. The topological polar surface area (TPSA) is 85.9 Å². The van der Waals surface area contributed by atoms with Crippen LogP contribution in [0.15, 0.2) is 61.1 Å². The molecule has 7 heteroatoms. The fourth-order valence-corrected chi connectivity index (χ4v) is 2.29. The highest BCUT2D eigenvalue weighted by Gasteiger charge is 2.13. The van der Waals surface area contributed by atoms with Crippen LogP contribution in [0.4, 0.5) is 11.5 Å². The largest absolute Gasteiger partial charge is 0.360 e. The van der Waals surface area contributed by atoms with E-state index in [9.17, 15) is 10.1 Å². The van der Waals surface area contributed by atoms with Gasteiger partial charge in [0.15, 0.2) is 0 Å². The van der Waals surface area contributed by atoms with E-state index in [1.165, 1.54) is 12.3 Å². The van der Waals surface area contributed by atoms with Gasteiger partial charge in [-0.25, -0.2) is 4.98 Å². The monoisotopic (exact) mass is 309 g/mol. The maximum absolute atomic E-state index is 11.0. The molecule has 0 aliphatic heterocycles. The van der Waals surface area contributed by atoms with Crippen molar-refractivity contribution in [1.29, 1.82) is 0 Å². The van der Waals surface area contributed by atoms with Crippen molar-refractivity contribution < 1.29 is 4.92 Å². The molecular weight excluding hydrogens is 294 g/mol. The molecule has 2 heterocycles. The molecule has 0 bridgehead atoms. The van der Waals surface area contributed by atoms with E-state index in [1.54, 1.807) is 12.3 Å². The number of aromatic nitrogens is 3. The van der Waals surface area contributed by atoms with Crippen LogP contribution in [0.25, 0.3) is 0 Å². The third kappa shape index (κ3) is 3.70. The SMILES string of the molecule is O=[N+]([O-])c1cccnc1NCc1cccc(Cn2cccn2)c1. The average Bonchev–Trinajstić information content (AvgIpc) is 3.06. The molecule has 7 nitrogen and oxygen atoms in total. The van der Waals surface area contributed by atoms with Crippen LogP contribution in [0, 0.1) is 10.1 Å². The van der Waals surface area contributed by atoms with Crippen LogP contribution in [-0.4, -0.2) is 19.7 Å². The summed E-state index contributed by atoms with van der Waals surface area (Å²) in [5.74, 6) is 0.273. The fraction of sp³-hybridized carbons (Fsp3) is 0.125. The zero-order chi connectivity index (χ0) is 16.1. The first kappa shape index (κ1) is 14.7. The molecule has 116 valence electrons. The van der Waals surface area contributed by atoms with Gasteiger partial charge in [-0.1, -0.05) is 24.3 Å². The van der Waals surface area contributed by atoms with Gasteiger partial charge in [0.05, 0.1) is 11.5 Å². The number of pyridine rings is 1. The van der Waals surface area contributed by atoms with Crippen molar-refractivity contribution in [2.24, 2.45) is 0 Å². The van der Waals surface area contributed by atoms with Gasteiger partial charge in [-0.2, -0.15) is 5.10 Å². The summed E-state index contributed by atoms with van der Waals surface area (Å²) >= 11 is 0. The van der Waals surface area contributed by atoms with Crippen LogP contribution < -0.4 is 5.32 Å². The van der Waals surface area contributed by atoms with Crippen molar-refractivity contribution in [1.82, 2.24) is 14.8 Å². The first-order valence-corrected chi connectivity index (χ1v) is 7.11. The number of nitro groups is 1. The minimum Gasteiger partial charge on any atom is -0.360 e. The van der Waals surface area contributed by atoms with Gasteiger partial charge in [0.2, 0.25) is 5.82 Å². The zero-order valence-electron chi connectivity index (χ0n) is 12.3. The molecule has 0 saturated heterocycles. The van der Waals surface area contributed by atoms with Gasteiger partial charge in [-0.3, -0.25) is 14.8 Å². The lowest BCUT2D eigenvalue weighted by Crippen LogP contribution is -2.05. The molecule has 2 aromatic heterocycles. The van der Waals surface area contributed by atoms with Crippen molar-refractivity contribution in [2.75, 3.05) is 5.32 Å². The summed E-state index contributed by atoms with van der Waals surface area (Å²) in [5, 5.41) is 18.2. The molecule has 0 radical (unpaired) electrons. The van der Waals surface area contributed by atoms with Gasteiger partial charge >= 0.3 is 5.69 Å². The summed E-state index contributed by atoms with van der Waals surface area (Å²) in [6.45, 7) is 1.15. The van der Waals surface area contributed by atoms with Crippen LogP contribution in [-0.2, 0) is 13.1 Å². The molecule has 0 amide bonds. The van der Waals surface area contributed by atoms with E-state index in [0.29, 0.717) is 13.1 Å². The maximum atomic E-state index is 11.0. The average molecular weight is 309 g/mol. The quantitative estimate of drug-likeness (QED) is 0.559. The van der Waals surface area contributed by atoms with Gasteiger partial charge in [-0.05, 0) is 23.3 Å². The molecule has 0 aliphatic rings. The van der Waals surface area contributed by atoms with Crippen LogP contribution in [0.3, 0.4) is 0 Å². The lowest BCUT2D eigenvalue weighted by atomic mass is 10.1. The lowest BCUT2D eigenvalue weighted by Gasteiger charge is -2.08. The summed E-state index contributed by atoms with van der Waals surface area (Å²) in [6, 6.07) is 12.9. The molecule has 0 saturated carbocycles. The number of hydrogen-bond acceptors (Lipinski definition) is 5. The molecule has 0 fully saturated rings. The Kier molecular flexibility index (Phi) is 4.28. The minimum atomic E-state index is -0.441. The highest BCUT2D eigenvalue weighted by molar-refractivity contribution is 5.55. The molecule has 0 atom stereocenters. The summed E-state index contributed by atoms with van der Waals surface area (Å²) in [7, 11) is 0. The van der Waals surface area contributed by atoms with Crippen LogP contribution >= 0.6 is 0 Å². The number of hydrogen-bond donors (Lipinski definition) is 1. The van der Waals surface area contributed by atoms with E-state index >= 15 is 0 Å². The fourth-order valence-electron chi connectivity index (χ4n) is 2.29. The van der Waals surface area contributed by atoms with Gasteiger partial charge in [0, 0.05) is 31.2 Å². The Morgan fingerprint density at radius 1 is 1.13 bits per heavy atom. The Morgan fingerprint density at radius 2 is 2.00 bits per heavy atom. The summed E-state index contributed by atoms with van der Waals surface area (Å²) < 4.78 is 1.84. The molecule has 3 rings (SSSR count).